The highest BCUT2D eigenvalue weighted by molar-refractivity contribution is 6.75. The number of hydrogen-bond acceptors (Lipinski definition) is 0. The van der Waals surface area contributed by atoms with Crippen LogP contribution in [-0.2, 0) is 0 Å². The zero-order valence-electron chi connectivity index (χ0n) is 10.5. The van der Waals surface area contributed by atoms with Crippen LogP contribution < -0.4 is 5.19 Å². The first-order valence-electron chi connectivity index (χ1n) is 5.97. The van der Waals surface area contributed by atoms with E-state index in [-0.39, 0.29) is 0 Å². The minimum atomic E-state index is -0.400. The second-order valence-electron chi connectivity index (χ2n) is 5.20. The second-order valence-corrected chi connectivity index (χ2v) is 8.73. The summed E-state index contributed by atoms with van der Waals surface area (Å²) in [6.45, 7) is 9.46. The zero-order chi connectivity index (χ0) is 11.3. The van der Waals surface area contributed by atoms with Crippen LogP contribution in [0.3, 0.4) is 0 Å². The molecule has 0 heterocycles. The monoisotopic (exact) mass is 219 g/mol. The molecular formula is C14H23Si. The van der Waals surface area contributed by atoms with Gasteiger partial charge in [0.2, 0.25) is 0 Å². The third-order valence-corrected chi connectivity index (χ3v) is 6.50. The molecule has 0 saturated heterocycles. The van der Waals surface area contributed by atoms with Gasteiger partial charge in [-0.3, -0.25) is 0 Å². The Morgan fingerprint density at radius 1 is 1.07 bits per heavy atom. The van der Waals surface area contributed by atoms with Crippen molar-refractivity contribution in [3.63, 3.8) is 0 Å². The second kappa shape index (κ2) is 5.50. The van der Waals surface area contributed by atoms with Crippen molar-refractivity contribution in [1.82, 2.24) is 0 Å². The van der Waals surface area contributed by atoms with Gasteiger partial charge >= 0.3 is 0 Å². The molecule has 0 amide bonds. The van der Waals surface area contributed by atoms with Crippen molar-refractivity contribution in [2.45, 2.75) is 51.6 Å². The fraction of sp³-hybridized carbons (Fsp3) is 0.571. The number of hydrogen-bond donors (Lipinski definition) is 0. The first-order chi connectivity index (χ1) is 7.05. The largest absolute Gasteiger partial charge is 0.0913 e. The summed E-state index contributed by atoms with van der Waals surface area (Å²) in [6, 6.07) is 12.5. The molecule has 1 rings (SSSR count). The van der Waals surface area contributed by atoms with Gasteiger partial charge in [0.1, 0.15) is 0 Å². The Hall–Kier alpha value is -0.563. The molecule has 0 N–H and O–H groups in total. The molecule has 83 valence electrons. The summed E-state index contributed by atoms with van der Waals surface area (Å²) in [5, 5.41) is 2.07. The van der Waals surface area contributed by atoms with Crippen molar-refractivity contribution in [3.05, 3.63) is 30.3 Å². The Morgan fingerprint density at radius 3 is 2.13 bits per heavy atom. The minimum Gasteiger partial charge on any atom is -0.0654 e. The molecular weight excluding hydrogens is 196 g/mol. The summed E-state index contributed by atoms with van der Waals surface area (Å²) in [4.78, 5) is 0. The number of rotatable bonds is 4. The van der Waals surface area contributed by atoms with Crippen LogP contribution >= 0.6 is 0 Å². The Bertz CT molecular complexity index is 271. The van der Waals surface area contributed by atoms with Crippen LogP contribution in [0.25, 0.3) is 0 Å². The van der Waals surface area contributed by atoms with E-state index in [1.165, 1.54) is 18.9 Å². The van der Waals surface area contributed by atoms with Crippen LogP contribution in [0.4, 0.5) is 0 Å². The van der Waals surface area contributed by atoms with Crippen molar-refractivity contribution in [3.8, 4) is 0 Å². The van der Waals surface area contributed by atoms with E-state index in [0.29, 0.717) is 5.04 Å². The quantitative estimate of drug-likeness (QED) is 0.672. The lowest BCUT2D eigenvalue weighted by molar-refractivity contribution is 0.727. The smallest absolute Gasteiger partial charge is 0.0654 e. The van der Waals surface area contributed by atoms with Crippen molar-refractivity contribution < 1.29 is 0 Å². The maximum Gasteiger partial charge on any atom is 0.0913 e. The summed E-state index contributed by atoms with van der Waals surface area (Å²) >= 11 is 0. The minimum absolute atomic E-state index is 0.400. The van der Waals surface area contributed by atoms with Gasteiger partial charge in [-0.05, 0) is 5.04 Å². The summed E-state index contributed by atoms with van der Waals surface area (Å²) < 4.78 is 0. The van der Waals surface area contributed by atoms with Crippen molar-refractivity contribution in [2.75, 3.05) is 0 Å². The lowest BCUT2D eigenvalue weighted by Gasteiger charge is -2.29. The molecule has 15 heavy (non-hydrogen) atoms. The van der Waals surface area contributed by atoms with E-state index in [9.17, 15) is 0 Å². The first-order valence-corrected chi connectivity index (χ1v) is 7.68. The highest BCUT2D eigenvalue weighted by atomic mass is 28.3. The standard InChI is InChI=1S/C14H23Si/c1-5-6-12-15(14(2,3)4)13-10-8-7-9-11-13/h7-11H,5-6,12H2,1-4H3. The Balaban J connectivity index is 2.82. The zero-order valence-corrected chi connectivity index (χ0v) is 11.5. The predicted octanol–water partition coefficient (Wildman–Crippen LogP) is 3.99. The molecule has 1 heteroatoms. The molecule has 0 aromatic heterocycles. The van der Waals surface area contributed by atoms with Gasteiger partial charge in [-0.1, -0.05) is 82.1 Å². The molecule has 0 saturated carbocycles. The molecule has 0 fully saturated rings. The molecule has 1 radical (unpaired) electrons. The van der Waals surface area contributed by atoms with Crippen molar-refractivity contribution in [1.29, 1.82) is 0 Å². The van der Waals surface area contributed by atoms with Gasteiger partial charge in [0, 0.05) is 0 Å². The van der Waals surface area contributed by atoms with Gasteiger partial charge in [-0.25, -0.2) is 0 Å². The molecule has 0 aliphatic carbocycles. The fourth-order valence-electron chi connectivity index (χ4n) is 1.95. The molecule has 0 nitrogen and oxygen atoms in total. The van der Waals surface area contributed by atoms with Gasteiger partial charge in [0.05, 0.1) is 8.80 Å². The summed E-state index contributed by atoms with van der Waals surface area (Å²) in [7, 11) is -0.400. The predicted molar refractivity (Wildman–Crippen MR) is 71.3 cm³/mol. The van der Waals surface area contributed by atoms with E-state index in [0.717, 1.165) is 0 Å². The van der Waals surface area contributed by atoms with Crippen LogP contribution in [0.15, 0.2) is 30.3 Å². The van der Waals surface area contributed by atoms with E-state index in [2.05, 4.69) is 58.0 Å². The molecule has 0 spiro atoms. The van der Waals surface area contributed by atoms with Crippen molar-refractivity contribution >= 4 is 14.0 Å². The summed E-state index contributed by atoms with van der Waals surface area (Å²) in [6.07, 6.45) is 2.69. The molecule has 0 atom stereocenters. The highest BCUT2D eigenvalue weighted by Crippen LogP contribution is 2.30. The molecule has 0 aliphatic rings. The maximum atomic E-state index is 2.39. The maximum absolute atomic E-state index is 2.39. The Morgan fingerprint density at radius 2 is 1.67 bits per heavy atom. The number of unbranched alkanes of at least 4 members (excludes halogenated alkanes) is 1. The van der Waals surface area contributed by atoms with E-state index in [1.54, 1.807) is 5.19 Å². The third-order valence-electron chi connectivity index (χ3n) is 2.81. The van der Waals surface area contributed by atoms with Crippen LogP contribution in [0.1, 0.15) is 40.5 Å². The third kappa shape index (κ3) is 3.82. The van der Waals surface area contributed by atoms with Gasteiger partial charge in [-0.15, -0.1) is 0 Å². The topological polar surface area (TPSA) is 0 Å². The van der Waals surface area contributed by atoms with Crippen molar-refractivity contribution in [2.24, 2.45) is 0 Å². The fourth-order valence-corrected chi connectivity index (χ4v) is 5.15. The van der Waals surface area contributed by atoms with E-state index in [1.807, 2.05) is 0 Å². The lowest BCUT2D eigenvalue weighted by atomic mass is 10.2. The van der Waals surface area contributed by atoms with Gasteiger partial charge in [0.15, 0.2) is 0 Å². The molecule has 1 aromatic carbocycles. The average Bonchev–Trinajstić information content (AvgIpc) is 2.18. The SMILES string of the molecule is CCCC[Si](c1ccccc1)C(C)(C)C. The first kappa shape index (κ1) is 12.5. The van der Waals surface area contributed by atoms with E-state index >= 15 is 0 Å². The average molecular weight is 219 g/mol. The van der Waals surface area contributed by atoms with Gasteiger partial charge in [0.25, 0.3) is 0 Å². The van der Waals surface area contributed by atoms with Gasteiger partial charge in [-0.2, -0.15) is 0 Å². The summed E-state index contributed by atoms with van der Waals surface area (Å²) in [5.74, 6) is 0. The molecule has 0 unspecified atom stereocenters. The van der Waals surface area contributed by atoms with Gasteiger partial charge < -0.3 is 0 Å². The van der Waals surface area contributed by atoms with Crippen LogP contribution in [0.2, 0.25) is 11.1 Å². The molecule has 1 aromatic rings. The highest BCUT2D eigenvalue weighted by Gasteiger charge is 2.27. The summed E-state index contributed by atoms with van der Waals surface area (Å²) in [5.41, 5.74) is 0. The van der Waals surface area contributed by atoms with Crippen LogP contribution in [0, 0.1) is 0 Å². The lowest BCUT2D eigenvalue weighted by Crippen LogP contribution is -2.38. The normalized spacial score (nSPS) is 12.1. The number of benzene rings is 1. The molecule has 0 bridgehead atoms. The van der Waals surface area contributed by atoms with E-state index < -0.39 is 8.80 Å². The Kier molecular flexibility index (Phi) is 4.59. The Labute approximate surface area is 96.3 Å². The molecule has 0 aliphatic heterocycles. The van der Waals surface area contributed by atoms with E-state index in [4.69, 9.17) is 0 Å². The van der Waals surface area contributed by atoms with Crippen LogP contribution in [-0.4, -0.2) is 8.80 Å². The van der Waals surface area contributed by atoms with Crippen LogP contribution in [0.5, 0.6) is 0 Å².